The average Bonchev–Trinajstić information content (AvgIpc) is 3.16. The highest BCUT2D eigenvalue weighted by atomic mass is 32.1. The highest BCUT2D eigenvalue weighted by Gasteiger charge is 2.35. The van der Waals surface area contributed by atoms with Crippen LogP contribution in [0.2, 0.25) is 0 Å². The summed E-state index contributed by atoms with van der Waals surface area (Å²) in [6, 6.07) is 15.7. The van der Waals surface area contributed by atoms with Crippen molar-refractivity contribution in [1.29, 1.82) is 0 Å². The quantitative estimate of drug-likeness (QED) is 0.692. The number of thiazole rings is 1. The van der Waals surface area contributed by atoms with E-state index in [1.807, 2.05) is 5.51 Å². The molecule has 2 aromatic carbocycles. The van der Waals surface area contributed by atoms with Crippen LogP contribution in [0.1, 0.15) is 28.8 Å². The molecule has 0 saturated carbocycles. The molecule has 0 bridgehead atoms. The van der Waals surface area contributed by atoms with Crippen LogP contribution in [0.15, 0.2) is 48.0 Å². The molecule has 4 nitrogen and oxygen atoms in total. The van der Waals surface area contributed by atoms with Crippen molar-refractivity contribution in [3.63, 3.8) is 0 Å². The Hall–Kier alpha value is -1.79. The lowest BCUT2D eigenvalue weighted by Crippen LogP contribution is -2.49. The lowest BCUT2D eigenvalue weighted by Gasteiger charge is -2.45. The molecule has 0 radical (unpaired) electrons. The predicted octanol–water partition coefficient (Wildman–Crippen LogP) is 3.70. The maximum atomic E-state index is 5.57. The van der Waals surface area contributed by atoms with E-state index < -0.39 is 0 Å². The van der Waals surface area contributed by atoms with Gasteiger partial charge in [0.05, 0.1) is 35.1 Å². The van der Waals surface area contributed by atoms with Crippen LogP contribution in [0.5, 0.6) is 0 Å². The predicted molar refractivity (Wildman–Crippen MR) is 106 cm³/mol. The summed E-state index contributed by atoms with van der Waals surface area (Å²) in [5.74, 6) is 0.403. The maximum absolute atomic E-state index is 5.57. The van der Waals surface area contributed by atoms with Crippen LogP contribution in [0, 0.1) is 0 Å². The zero-order valence-electron chi connectivity index (χ0n) is 15.0. The van der Waals surface area contributed by atoms with E-state index >= 15 is 0 Å². The SMILES string of the molecule is CN1CC(c2ccc3ncsc3c2)c2ccccc2C1N1CCOCC1. The molecule has 2 unspecified atom stereocenters. The molecule has 1 aromatic heterocycles. The molecule has 2 aliphatic rings. The number of rotatable bonds is 2. The molecule has 0 N–H and O–H groups in total. The van der Waals surface area contributed by atoms with Crippen molar-refractivity contribution in [3.05, 3.63) is 64.7 Å². The number of aromatic nitrogens is 1. The zero-order valence-corrected chi connectivity index (χ0v) is 15.8. The molecule has 26 heavy (non-hydrogen) atoms. The first-order valence-electron chi connectivity index (χ1n) is 9.25. The van der Waals surface area contributed by atoms with Gasteiger partial charge in [-0.15, -0.1) is 11.3 Å². The summed E-state index contributed by atoms with van der Waals surface area (Å²) in [6.07, 6.45) is 0.346. The van der Waals surface area contributed by atoms with E-state index in [-0.39, 0.29) is 0 Å². The van der Waals surface area contributed by atoms with Crippen molar-refractivity contribution in [1.82, 2.24) is 14.8 Å². The Balaban J connectivity index is 1.56. The summed E-state index contributed by atoms with van der Waals surface area (Å²) < 4.78 is 6.85. The Morgan fingerprint density at radius 2 is 1.88 bits per heavy atom. The molecule has 5 heteroatoms. The van der Waals surface area contributed by atoms with Gasteiger partial charge in [0.2, 0.25) is 0 Å². The van der Waals surface area contributed by atoms with Gasteiger partial charge in [-0.05, 0) is 35.9 Å². The Kier molecular flexibility index (Phi) is 4.25. The molecule has 0 aliphatic carbocycles. The molecule has 0 amide bonds. The molecule has 0 spiro atoms. The number of nitrogens with zero attached hydrogens (tertiary/aromatic N) is 3. The third-order valence-electron chi connectivity index (χ3n) is 5.69. The second-order valence-electron chi connectivity index (χ2n) is 7.22. The first-order chi connectivity index (χ1) is 12.8. The van der Waals surface area contributed by atoms with Crippen molar-refractivity contribution in [2.45, 2.75) is 12.1 Å². The van der Waals surface area contributed by atoms with Crippen LogP contribution in [0.3, 0.4) is 0 Å². The van der Waals surface area contributed by atoms with E-state index in [0.717, 1.165) is 38.4 Å². The fourth-order valence-electron chi connectivity index (χ4n) is 4.46. The van der Waals surface area contributed by atoms with Crippen LogP contribution in [-0.2, 0) is 4.74 Å². The second kappa shape index (κ2) is 6.74. The Bertz CT molecular complexity index is 918. The van der Waals surface area contributed by atoms with Crippen molar-refractivity contribution in [2.24, 2.45) is 0 Å². The Labute approximate surface area is 158 Å². The van der Waals surface area contributed by atoms with Gasteiger partial charge in [-0.2, -0.15) is 0 Å². The number of hydrogen-bond acceptors (Lipinski definition) is 5. The molecule has 2 aliphatic heterocycles. The number of ether oxygens (including phenoxy) is 1. The van der Waals surface area contributed by atoms with Gasteiger partial charge in [-0.25, -0.2) is 4.98 Å². The summed E-state index contributed by atoms with van der Waals surface area (Å²) in [4.78, 5) is 9.50. The van der Waals surface area contributed by atoms with Gasteiger partial charge < -0.3 is 4.74 Å². The second-order valence-corrected chi connectivity index (χ2v) is 8.11. The van der Waals surface area contributed by atoms with Gasteiger partial charge in [0.25, 0.3) is 0 Å². The number of fused-ring (bicyclic) bond motifs is 2. The van der Waals surface area contributed by atoms with Crippen molar-refractivity contribution in [2.75, 3.05) is 39.9 Å². The number of hydrogen-bond donors (Lipinski definition) is 0. The largest absolute Gasteiger partial charge is 0.379 e. The summed E-state index contributed by atoms with van der Waals surface area (Å²) >= 11 is 1.72. The maximum Gasteiger partial charge on any atom is 0.0888 e. The smallest absolute Gasteiger partial charge is 0.0888 e. The molecule has 134 valence electrons. The Morgan fingerprint density at radius 3 is 2.73 bits per heavy atom. The minimum Gasteiger partial charge on any atom is -0.379 e. The molecular formula is C21H23N3OS. The van der Waals surface area contributed by atoms with Crippen LogP contribution < -0.4 is 0 Å². The molecular weight excluding hydrogens is 342 g/mol. The van der Waals surface area contributed by atoms with Crippen LogP contribution in [0.4, 0.5) is 0 Å². The van der Waals surface area contributed by atoms with Gasteiger partial charge in [0, 0.05) is 25.6 Å². The van der Waals surface area contributed by atoms with E-state index in [9.17, 15) is 0 Å². The topological polar surface area (TPSA) is 28.6 Å². The highest BCUT2D eigenvalue weighted by molar-refractivity contribution is 7.16. The molecule has 1 fully saturated rings. The zero-order chi connectivity index (χ0) is 17.5. The van der Waals surface area contributed by atoms with E-state index in [4.69, 9.17) is 4.74 Å². The van der Waals surface area contributed by atoms with E-state index in [2.05, 4.69) is 64.3 Å². The van der Waals surface area contributed by atoms with E-state index in [1.54, 1.807) is 11.3 Å². The highest BCUT2D eigenvalue weighted by Crippen LogP contribution is 2.41. The first-order valence-corrected chi connectivity index (χ1v) is 10.1. The summed E-state index contributed by atoms with van der Waals surface area (Å²) in [5.41, 5.74) is 7.33. The summed E-state index contributed by atoms with van der Waals surface area (Å²) in [5, 5.41) is 0. The fourth-order valence-corrected chi connectivity index (χ4v) is 5.18. The van der Waals surface area contributed by atoms with Crippen molar-refractivity contribution in [3.8, 4) is 0 Å². The third kappa shape index (κ3) is 2.76. The average molecular weight is 366 g/mol. The summed E-state index contributed by atoms with van der Waals surface area (Å²) in [6.45, 7) is 4.70. The lowest BCUT2D eigenvalue weighted by molar-refractivity contribution is -0.0324. The first kappa shape index (κ1) is 16.4. The van der Waals surface area contributed by atoms with E-state index in [1.165, 1.54) is 21.4 Å². The van der Waals surface area contributed by atoms with Gasteiger partial charge in [-0.1, -0.05) is 30.3 Å². The minimum atomic E-state index is 0.346. The van der Waals surface area contributed by atoms with Gasteiger partial charge in [-0.3, -0.25) is 9.80 Å². The van der Waals surface area contributed by atoms with Crippen LogP contribution >= 0.6 is 11.3 Å². The van der Waals surface area contributed by atoms with Crippen LogP contribution in [0.25, 0.3) is 10.2 Å². The molecule has 5 rings (SSSR count). The third-order valence-corrected chi connectivity index (χ3v) is 6.48. The standard InChI is InChI=1S/C21H23N3OS/c1-23-13-18(15-6-7-19-20(12-15)26-14-22-19)16-4-2-3-5-17(16)21(23)24-8-10-25-11-9-24/h2-7,12,14,18,21H,8-11,13H2,1H3. The number of morpholine rings is 1. The minimum absolute atomic E-state index is 0.346. The lowest BCUT2D eigenvalue weighted by atomic mass is 9.83. The normalized spacial score (nSPS) is 24.7. The molecule has 1 saturated heterocycles. The monoisotopic (exact) mass is 365 g/mol. The van der Waals surface area contributed by atoms with E-state index in [0.29, 0.717) is 12.1 Å². The van der Waals surface area contributed by atoms with Crippen molar-refractivity contribution < 1.29 is 4.74 Å². The molecule has 3 heterocycles. The number of benzene rings is 2. The van der Waals surface area contributed by atoms with Gasteiger partial charge >= 0.3 is 0 Å². The number of likely N-dealkylation sites (N-methyl/N-ethyl adjacent to an activating group) is 1. The summed E-state index contributed by atoms with van der Waals surface area (Å²) in [7, 11) is 2.26. The van der Waals surface area contributed by atoms with Gasteiger partial charge in [0.1, 0.15) is 0 Å². The van der Waals surface area contributed by atoms with Gasteiger partial charge in [0.15, 0.2) is 0 Å². The molecule has 3 aromatic rings. The van der Waals surface area contributed by atoms with Crippen molar-refractivity contribution >= 4 is 21.6 Å². The van der Waals surface area contributed by atoms with Crippen LogP contribution in [-0.4, -0.2) is 54.7 Å². The Morgan fingerprint density at radius 1 is 1.08 bits per heavy atom. The molecule has 2 atom stereocenters. The fraction of sp³-hybridized carbons (Fsp3) is 0.381.